The molecule has 176 valence electrons. The number of benzene rings is 4. The number of ether oxygens (including phenoxy) is 1. The standard InChI is InChI=1S/C29H27N3O3/c1-32(26-13-6-3-7-14-26)29(34)23-11-8-12-25(19-23)30-20-28(33)31-24-15-17-27(18-16-24)35-21-22-9-4-2-5-10-22/h2-19,30H,20-21H2,1H3,(H,31,33). The number of anilines is 3. The maximum atomic E-state index is 12.8. The van der Waals surface area contributed by atoms with Crippen molar-refractivity contribution < 1.29 is 14.3 Å². The highest BCUT2D eigenvalue weighted by molar-refractivity contribution is 6.06. The molecule has 0 aromatic heterocycles. The molecule has 0 atom stereocenters. The maximum Gasteiger partial charge on any atom is 0.258 e. The number of hydrogen-bond donors (Lipinski definition) is 2. The van der Waals surface area contributed by atoms with E-state index in [0.29, 0.717) is 23.5 Å². The number of rotatable bonds is 9. The molecular weight excluding hydrogens is 438 g/mol. The van der Waals surface area contributed by atoms with Gasteiger partial charge in [-0.25, -0.2) is 0 Å². The zero-order valence-electron chi connectivity index (χ0n) is 19.5. The first-order valence-electron chi connectivity index (χ1n) is 11.3. The van der Waals surface area contributed by atoms with E-state index in [4.69, 9.17) is 4.74 Å². The molecule has 4 aromatic rings. The van der Waals surface area contributed by atoms with E-state index in [1.54, 1.807) is 42.3 Å². The van der Waals surface area contributed by atoms with Gasteiger partial charge in [0.2, 0.25) is 5.91 Å². The highest BCUT2D eigenvalue weighted by Gasteiger charge is 2.14. The van der Waals surface area contributed by atoms with E-state index in [2.05, 4.69) is 10.6 Å². The van der Waals surface area contributed by atoms with E-state index in [9.17, 15) is 9.59 Å². The molecule has 0 spiro atoms. The molecule has 0 bridgehead atoms. The lowest BCUT2D eigenvalue weighted by molar-refractivity contribution is -0.114. The molecule has 4 aromatic carbocycles. The Balaban J connectivity index is 1.27. The minimum atomic E-state index is -0.193. The third kappa shape index (κ3) is 6.71. The van der Waals surface area contributed by atoms with Gasteiger partial charge in [0, 0.05) is 29.7 Å². The van der Waals surface area contributed by atoms with Crippen molar-refractivity contribution in [3.8, 4) is 5.75 Å². The van der Waals surface area contributed by atoms with Crippen LogP contribution in [-0.4, -0.2) is 25.4 Å². The summed E-state index contributed by atoms with van der Waals surface area (Å²) in [4.78, 5) is 26.8. The predicted molar refractivity (Wildman–Crippen MR) is 140 cm³/mol. The fourth-order valence-corrected chi connectivity index (χ4v) is 3.49. The van der Waals surface area contributed by atoms with Crippen LogP contribution in [0.1, 0.15) is 15.9 Å². The number of para-hydroxylation sites is 1. The molecule has 4 rings (SSSR count). The van der Waals surface area contributed by atoms with Crippen molar-refractivity contribution in [1.82, 2.24) is 0 Å². The second-order valence-electron chi connectivity index (χ2n) is 7.98. The quantitative estimate of drug-likeness (QED) is 0.338. The van der Waals surface area contributed by atoms with Gasteiger partial charge >= 0.3 is 0 Å². The van der Waals surface area contributed by atoms with Crippen LogP contribution in [0.25, 0.3) is 0 Å². The van der Waals surface area contributed by atoms with Gasteiger partial charge in [0.05, 0.1) is 6.54 Å². The Morgan fingerprint density at radius 3 is 2.17 bits per heavy atom. The van der Waals surface area contributed by atoms with Crippen LogP contribution in [0.4, 0.5) is 17.1 Å². The molecule has 0 unspecified atom stereocenters. The second-order valence-corrected chi connectivity index (χ2v) is 7.98. The third-order valence-corrected chi connectivity index (χ3v) is 5.40. The fraction of sp³-hybridized carbons (Fsp3) is 0.103. The van der Waals surface area contributed by atoms with Gasteiger partial charge in [0.25, 0.3) is 5.91 Å². The molecule has 0 saturated carbocycles. The smallest absolute Gasteiger partial charge is 0.258 e. The first-order valence-corrected chi connectivity index (χ1v) is 11.3. The predicted octanol–water partition coefficient (Wildman–Crippen LogP) is 5.59. The second kappa shape index (κ2) is 11.5. The Labute approximate surface area is 205 Å². The van der Waals surface area contributed by atoms with Crippen molar-refractivity contribution >= 4 is 28.9 Å². The molecule has 0 fully saturated rings. The average molecular weight is 466 g/mol. The van der Waals surface area contributed by atoms with Crippen molar-refractivity contribution in [2.75, 3.05) is 29.1 Å². The summed E-state index contributed by atoms with van der Waals surface area (Å²) in [6, 6.07) is 33.8. The van der Waals surface area contributed by atoms with Gasteiger partial charge in [-0.1, -0.05) is 54.6 Å². The summed E-state index contributed by atoms with van der Waals surface area (Å²) >= 11 is 0. The van der Waals surface area contributed by atoms with Gasteiger partial charge in [-0.05, 0) is 60.2 Å². The highest BCUT2D eigenvalue weighted by Crippen LogP contribution is 2.19. The number of amides is 2. The SMILES string of the molecule is CN(C(=O)c1cccc(NCC(=O)Nc2ccc(OCc3ccccc3)cc2)c1)c1ccccc1. The topological polar surface area (TPSA) is 70.7 Å². The van der Waals surface area contributed by atoms with E-state index < -0.39 is 0 Å². The van der Waals surface area contributed by atoms with E-state index >= 15 is 0 Å². The zero-order chi connectivity index (χ0) is 24.5. The molecule has 0 radical (unpaired) electrons. The average Bonchev–Trinajstić information content (AvgIpc) is 2.92. The van der Waals surface area contributed by atoms with Crippen LogP contribution >= 0.6 is 0 Å². The molecule has 35 heavy (non-hydrogen) atoms. The first kappa shape index (κ1) is 23.6. The molecule has 0 aliphatic rings. The van der Waals surface area contributed by atoms with Crippen LogP contribution in [0, 0.1) is 0 Å². The number of nitrogens with zero attached hydrogens (tertiary/aromatic N) is 1. The Morgan fingerprint density at radius 2 is 1.46 bits per heavy atom. The molecular formula is C29H27N3O3. The van der Waals surface area contributed by atoms with E-state index in [1.165, 1.54) is 0 Å². The summed E-state index contributed by atoms with van der Waals surface area (Å²) in [6.45, 7) is 0.553. The normalized spacial score (nSPS) is 10.3. The Hall–Kier alpha value is -4.58. The Bertz CT molecular complexity index is 1260. The summed E-state index contributed by atoms with van der Waals surface area (Å²) in [6.07, 6.45) is 0. The minimum absolute atomic E-state index is 0.0679. The molecule has 2 N–H and O–H groups in total. The Kier molecular flexibility index (Phi) is 7.76. The van der Waals surface area contributed by atoms with Crippen LogP contribution in [0.3, 0.4) is 0 Å². The minimum Gasteiger partial charge on any atom is -0.489 e. The van der Waals surface area contributed by atoms with Crippen molar-refractivity contribution in [1.29, 1.82) is 0 Å². The Morgan fingerprint density at radius 1 is 0.771 bits per heavy atom. The summed E-state index contributed by atoms with van der Waals surface area (Å²) in [7, 11) is 1.74. The van der Waals surface area contributed by atoms with Crippen molar-refractivity contribution in [3.05, 3.63) is 120 Å². The van der Waals surface area contributed by atoms with Gasteiger partial charge in [-0.15, -0.1) is 0 Å². The molecule has 6 heteroatoms. The molecule has 2 amide bonds. The van der Waals surface area contributed by atoms with Gasteiger partial charge in [-0.2, -0.15) is 0 Å². The number of carbonyl (C=O) groups excluding carboxylic acids is 2. The van der Waals surface area contributed by atoms with E-state index in [0.717, 1.165) is 17.0 Å². The van der Waals surface area contributed by atoms with Crippen molar-refractivity contribution in [3.63, 3.8) is 0 Å². The largest absolute Gasteiger partial charge is 0.489 e. The molecule has 0 aliphatic heterocycles. The van der Waals surface area contributed by atoms with Crippen molar-refractivity contribution in [2.24, 2.45) is 0 Å². The highest BCUT2D eigenvalue weighted by atomic mass is 16.5. The number of nitrogens with one attached hydrogen (secondary N) is 2. The first-order chi connectivity index (χ1) is 17.1. The lowest BCUT2D eigenvalue weighted by Gasteiger charge is -2.18. The van der Waals surface area contributed by atoms with Gasteiger partial charge in [0.1, 0.15) is 12.4 Å². The van der Waals surface area contributed by atoms with Gasteiger partial charge in [0.15, 0.2) is 0 Å². The molecule has 0 aliphatic carbocycles. The summed E-state index contributed by atoms with van der Waals surface area (Å²) < 4.78 is 5.78. The van der Waals surface area contributed by atoms with Gasteiger partial charge in [-0.3, -0.25) is 9.59 Å². The van der Waals surface area contributed by atoms with Crippen molar-refractivity contribution in [2.45, 2.75) is 6.61 Å². The van der Waals surface area contributed by atoms with Crippen LogP contribution in [0.5, 0.6) is 5.75 Å². The van der Waals surface area contributed by atoms with Crippen LogP contribution in [0.2, 0.25) is 0 Å². The third-order valence-electron chi connectivity index (χ3n) is 5.40. The van der Waals surface area contributed by atoms with Gasteiger partial charge < -0.3 is 20.3 Å². The molecule has 6 nitrogen and oxygen atoms in total. The monoisotopic (exact) mass is 465 g/mol. The summed E-state index contributed by atoms with van der Waals surface area (Å²) in [5.41, 5.74) is 3.81. The lowest BCUT2D eigenvalue weighted by Crippen LogP contribution is -2.26. The van der Waals surface area contributed by atoms with Crippen LogP contribution in [-0.2, 0) is 11.4 Å². The van der Waals surface area contributed by atoms with E-state index in [1.807, 2.05) is 78.9 Å². The maximum absolute atomic E-state index is 12.8. The summed E-state index contributed by atoms with van der Waals surface area (Å²) in [5.74, 6) is 0.409. The fourth-order valence-electron chi connectivity index (χ4n) is 3.49. The van der Waals surface area contributed by atoms with Crippen LogP contribution in [0.15, 0.2) is 109 Å². The zero-order valence-corrected chi connectivity index (χ0v) is 19.5. The van der Waals surface area contributed by atoms with E-state index in [-0.39, 0.29) is 18.4 Å². The van der Waals surface area contributed by atoms with Crippen LogP contribution < -0.4 is 20.3 Å². The number of hydrogen-bond acceptors (Lipinski definition) is 4. The summed E-state index contributed by atoms with van der Waals surface area (Å²) in [5, 5.41) is 5.94. The lowest BCUT2D eigenvalue weighted by atomic mass is 10.1. The molecule has 0 saturated heterocycles. The molecule has 0 heterocycles. The number of carbonyl (C=O) groups is 2.